The Morgan fingerprint density at radius 1 is 1.38 bits per heavy atom. The molecular formula is C15H16N4OS. The standard InChI is InChI=1S/C15H16N4OS/c20-15(17-10-4-7-16-8-5-10)14-11-6-9-21-13-3-1-2-12(18-14)19(11)13/h1-3,6,9-10,16H,4-5,7-8H2,(H,17,20). The van der Waals surface area contributed by atoms with E-state index >= 15 is 0 Å². The third kappa shape index (κ3) is 2.24. The lowest BCUT2D eigenvalue weighted by molar-refractivity contribution is 0.0925. The van der Waals surface area contributed by atoms with Crippen molar-refractivity contribution in [3.8, 4) is 0 Å². The minimum absolute atomic E-state index is 0.0666. The van der Waals surface area contributed by atoms with E-state index in [0.717, 1.165) is 42.3 Å². The minimum atomic E-state index is -0.0666. The van der Waals surface area contributed by atoms with E-state index in [0.29, 0.717) is 5.69 Å². The van der Waals surface area contributed by atoms with Crippen LogP contribution in [0.3, 0.4) is 0 Å². The van der Waals surface area contributed by atoms with E-state index in [-0.39, 0.29) is 11.9 Å². The molecule has 0 spiro atoms. The van der Waals surface area contributed by atoms with Crippen LogP contribution in [0.15, 0.2) is 28.6 Å². The zero-order valence-corrected chi connectivity index (χ0v) is 12.3. The zero-order valence-electron chi connectivity index (χ0n) is 11.5. The molecule has 2 aromatic rings. The van der Waals surface area contributed by atoms with Gasteiger partial charge < -0.3 is 10.6 Å². The fourth-order valence-electron chi connectivity index (χ4n) is 2.89. The maximum absolute atomic E-state index is 12.5. The molecule has 2 N–H and O–H groups in total. The molecule has 4 rings (SSSR count). The number of hydrogen-bond donors (Lipinski definition) is 2. The fraction of sp³-hybridized carbons (Fsp3) is 0.333. The van der Waals surface area contributed by atoms with Crippen LogP contribution in [-0.4, -0.2) is 34.4 Å². The van der Waals surface area contributed by atoms with Gasteiger partial charge in [-0.1, -0.05) is 17.8 Å². The number of imidazole rings is 1. The summed E-state index contributed by atoms with van der Waals surface area (Å²) in [6.07, 6.45) is 3.92. The molecule has 0 aromatic carbocycles. The normalized spacial score (nSPS) is 18.1. The van der Waals surface area contributed by atoms with Gasteiger partial charge in [0.1, 0.15) is 5.65 Å². The van der Waals surface area contributed by atoms with Crippen molar-refractivity contribution in [2.24, 2.45) is 0 Å². The number of rotatable bonds is 2. The minimum Gasteiger partial charge on any atom is -0.348 e. The van der Waals surface area contributed by atoms with Gasteiger partial charge in [0.2, 0.25) is 0 Å². The van der Waals surface area contributed by atoms with E-state index in [1.165, 1.54) is 0 Å². The second-order valence-corrected chi connectivity index (χ2v) is 6.25. The average Bonchev–Trinajstić information content (AvgIpc) is 2.90. The average molecular weight is 300 g/mol. The fourth-order valence-corrected chi connectivity index (χ4v) is 3.68. The van der Waals surface area contributed by atoms with Gasteiger partial charge in [0.05, 0.1) is 10.7 Å². The summed E-state index contributed by atoms with van der Waals surface area (Å²) < 4.78 is 2.04. The van der Waals surface area contributed by atoms with Crippen molar-refractivity contribution in [3.63, 3.8) is 0 Å². The molecule has 5 nitrogen and oxygen atoms in total. The molecule has 0 unspecified atom stereocenters. The molecule has 1 saturated heterocycles. The van der Waals surface area contributed by atoms with Crippen LogP contribution in [0.25, 0.3) is 11.7 Å². The van der Waals surface area contributed by atoms with Crippen LogP contribution in [-0.2, 0) is 0 Å². The van der Waals surface area contributed by atoms with Gasteiger partial charge in [-0.05, 0) is 49.5 Å². The molecule has 0 radical (unpaired) electrons. The van der Waals surface area contributed by atoms with Gasteiger partial charge in [0.25, 0.3) is 5.91 Å². The number of nitrogens with zero attached hydrogens (tertiary/aromatic N) is 2. The Morgan fingerprint density at radius 3 is 3.10 bits per heavy atom. The number of piperidine rings is 1. The van der Waals surface area contributed by atoms with Crippen LogP contribution in [0.1, 0.15) is 29.0 Å². The quantitative estimate of drug-likeness (QED) is 0.889. The number of nitrogens with one attached hydrogen (secondary N) is 2. The molecule has 6 heteroatoms. The Morgan fingerprint density at radius 2 is 2.24 bits per heavy atom. The highest BCUT2D eigenvalue weighted by Gasteiger charge is 2.23. The number of hydrogen-bond acceptors (Lipinski definition) is 4. The van der Waals surface area contributed by atoms with Gasteiger partial charge in [0.15, 0.2) is 5.69 Å². The van der Waals surface area contributed by atoms with Crippen LogP contribution >= 0.6 is 11.8 Å². The van der Waals surface area contributed by atoms with Crippen molar-refractivity contribution < 1.29 is 4.79 Å². The molecule has 2 aromatic heterocycles. The second kappa shape index (κ2) is 5.20. The predicted molar refractivity (Wildman–Crippen MR) is 83.4 cm³/mol. The first-order valence-corrected chi connectivity index (χ1v) is 8.07. The number of pyridine rings is 1. The Hall–Kier alpha value is -1.79. The third-order valence-corrected chi connectivity index (χ3v) is 4.78. The molecular weight excluding hydrogens is 284 g/mol. The Kier molecular flexibility index (Phi) is 3.20. The van der Waals surface area contributed by atoms with Crippen molar-refractivity contribution in [2.75, 3.05) is 13.1 Å². The topological polar surface area (TPSA) is 58.4 Å². The van der Waals surface area contributed by atoms with E-state index in [9.17, 15) is 4.79 Å². The number of aromatic nitrogens is 2. The maximum Gasteiger partial charge on any atom is 0.272 e. The van der Waals surface area contributed by atoms with Crippen molar-refractivity contribution in [2.45, 2.75) is 23.9 Å². The van der Waals surface area contributed by atoms with Crippen molar-refractivity contribution in [1.82, 2.24) is 20.0 Å². The molecule has 2 aliphatic heterocycles. The van der Waals surface area contributed by atoms with Gasteiger partial charge in [-0.3, -0.25) is 9.20 Å². The molecule has 1 amide bonds. The van der Waals surface area contributed by atoms with Crippen molar-refractivity contribution in [3.05, 3.63) is 35.0 Å². The molecule has 21 heavy (non-hydrogen) atoms. The monoisotopic (exact) mass is 300 g/mol. The summed E-state index contributed by atoms with van der Waals surface area (Å²) in [5, 5.41) is 9.53. The smallest absolute Gasteiger partial charge is 0.272 e. The lowest BCUT2D eigenvalue weighted by Gasteiger charge is -2.23. The molecule has 2 aliphatic rings. The van der Waals surface area contributed by atoms with Gasteiger partial charge in [0, 0.05) is 6.04 Å². The summed E-state index contributed by atoms with van der Waals surface area (Å²) in [4.78, 5) is 17.1. The van der Waals surface area contributed by atoms with Crippen LogP contribution < -0.4 is 10.6 Å². The number of thioether (sulfide) groups is 1. The van der Waals surface area contributed by atoms with E-state index in [1.54, 1.807) is 11.8 Å². The van der Waals surface area contributed by atoms with Crippen LogP contribution in [0.4, 0.5) is 0 Å². The zero-order chi connectivity index (χ0) is 14.2. The van der Waals surface area contributed by atoms with E-state index in [4.69, 9.17) is 0 Å². The molecule has 0 atom stereocenters. The highest BCUT2D eigenvalue weighted by atomic mass is 32.2. The first kappa shape index (κ1) is 12.9. The molecule has 108 valence electrons. The summed E-state index contributed by atoms with van der Waals surface area (Å²) in [5.41, 5.74) is 2.23. The van der Waals surface area contributed by atoms with E-state index < -0.39 is 0 Å². The van der Waals surface area contributed by atoms with E-state index in [1.807, 2.05) is 34.1 Å². The highest BCUT2D eigenvalue weighted by Crippen LogP contribution is 2.30. The van der Waals surface area contributed by atoms with Gasteiger partial charge in [-0.2, -0.15) is 0 Å². The lowest BCUT2D eigenvalue weighted by atomic mass is 10.1. The van der Waals surface area contributed by atoms with Gasteiger partial charge in [-0.25, -0.2) is 4.98 Å². The lowest BCUT2D eigenvalue weighted by Crippen LogP contribution is -2.43. The molecule has 4 heterocycles. The Balaban J connectivity index is 1.69. The summed E-state index contributed by atoms with van der Waals surface area (Å²) in [6.45, 7) is 1.92. The van der Waals surface area contributed by atoms with Gasteiger partial charge in [-0.15, -0.1) is 0 Å². The van der Waals surface area contributed by atoms with Crippen molar-refractivity contribution >= 4 is 29.4 Å². The third-order valence-electron chi connectivity index (χ3n) is 3.95. The summed E-state index contributed by atoms with van der Waals surface area (Å²) in [6, 6.07) is 6.20. The molecule has 0 aliphatic carbocycles. The molecule has 0 saturated carbocycles. The second-order valence-electron chi connectivity index (χ2n) is 5.32. The Labute approximate surface area is 126 Å². The summed E-state index contributed by atoms with van der Waals surface area (Å²) in [7, 11) is 0. The van der Waals surface area contributed by atoms with Crippen molar-refractivity contribution in [1.29, 1.82) is 0 Å². The molecule has 1 fully saturated rings. The summed E-state index contributed by atoms with van der Waals surface area (Å²) in [5.74, 6) is -0.0666. The maximum atomic E-state index is 12.5. The summed E-state index contributed by atoms with van der Waals surface area (Å²) >= 11 is 1.64. The first-order chi connectivity index (χ1) is 10.3. The van der Waals surface area contributed by atoms with Crippen LogP contribution in [0.5, 0.6) is 0 Å². The number of carbonyl (C=O) groups excluding carboxylic acids is 1. The number of amides is 1. The SMILES string of the molecule is O=C(NC1CCNCC1)c1nc2cccc3n2c1C=CS3. The van der Waals surface area contributed by atoms with Crippen LogP contribution in [0.2, 0.25) is 0 Å². The molecule has 0 bridgehead atoms. The first-order valence-electron chi connectivity index (χ1n) is 7.19. The number of carbonyl (C=O) groups is 1. The highest BCUT2D eigenvalue weighted by molar-refractivity contribution is 8.02. The largest absolute Gasteiger partial charge is 0.348 e. The van der Waals surface area contributed by atoms with Gasteiger partial charge >= 0.3 is 0 Å². The van der Waals surface area contributed by atoms with Crippen LogP contribution in [0, 0.1) is 0 Å². The van der Waals surface area contributed by atoms with E-state index in [2.05, 4.69) is 15.6 Å². The Bertz CT molecular complexity index is 731. The predicted octanol–water partition coefficient (Wildman–Crippen LogP) is 1.89.